The summed E-state index contributed by atoms with van der Waals surface area (Å²) in [7, 11) is 0. The highest BCUT2D eigenvalue weighted by atomic mass is 16.3. The quantitative estimate of drug-likeness (QED) is 0.732. The van der Waals surface area contributed by atoms with Gasteiger partial charge in [0.2, 0.25) is 11.8 Å². The number of amides is 2. The van der Waals surface area contributed by atoms with E-state index in [9.17, 15) is 14.7 Å². The summed E-state index contributed by atoms with van der Waals surface area (Å²) >= 11 is 0. The van der Waals surface area contributed by atoms with Crippen molar-refractivity contribution in [2.45, 2.75) is 81.6 Å². The fraction of sp³-hybridized carbons (Fsp3) is 0.619. The summed E-state index contributed by atoms with van der Waals surface area (Å²) in [4.78, 5) is 27.7. The van der Waals surface area contributed by atoms with Crippen molar-refractivity contribution in [1.82, 2.24) is 10.2 Å². The van der Waals surface area contributed by atoms with Gasteiger partial charge in [-0.3, -0.25) is 9.59 Å². The number of carbonyl (C=O) groups is 2. The molecule has 6 nitrogen and oxygen atoms in total. The largest absolute Gasteiger partial charge is 0.393 e. The SMILES string of the molecule is N[C@H]1C[C@H](O)CC[C@H]2CC[C@@H](C(=O)NC3CCCc4ccccc43)N2C1=O. The van der Waals surface area contributed by atoms with Gasteiger partial charge < -0.3 is 21.1 Å². The number of fused-ring (bicyclic) bond motifs is 2. The zero-order valence-electron chi connectivity index (χ0n) is 15.6. The third kappa shape index (κ3) is 3.60. The molecule has 2 amide bonds. The number of aliphatic hydroxyl groups excluding tert-OH is 1. The van der Waals surface area contributed by atoms with Crippen LogP contribution in [0.5, 0.6) is 0 Å². The second-order valence-corrected chi connectivity index (χ2v) is 8.22. The molecular weight excluding hydrogens is 342 g/mol. The van der Waals surface area contributed by atoms with Gasteiger partial charge in [-0.25, -0.2) is 0 Å². The molecule has 0 bridgehead atoms. The fourth-order valence-corrected chi connectivity index (χ4v) is 5.02. The summed E-state index contributed by atoms with van der Waals surface area (Å²) in [6.07, 6.45) is 5.60. The van der Waals surface area contributed by atoms with Crippen LogP contribution >= 0.6 is 0 Å². The fourth-order valence-electron chi connectivity index (χ4n) is 5.02. The van der Waals surface area contributed by atoms with Crippen molar-refractivity contribution in [3.63, 3.8) is 0 Å². The summed E-state index contributed by atoms with van der Waals surface area (Å²) in [6.45, 7) is 0. The summed E-state index contributed by atoms with van der Waals surface area (Å²) in [6, 6.07) is 7.13. The van der Waals surface area contributed by atoms with Crippen molar-refractivity contribution in [2.24, 2.45) is 5.73 Å². The molecule has 0 spiro atoms. The van der Waals surface area contributed by atoms with Crippen LogP contribution in [0.1, 0.15) is 62.1 Å². The average molecular weight is 371 g/mol. The summed E-state index contributed by atoms with van der Waals surface area (Å²) in [5.74, 6) is -0.263. The molecule has 0 saturated carbocycles. The van der Waals surface area contributed by atoms with Gasteiger partial charge in [-0.1, -0.05) is 24.3 Å². The number of carbonyl (C=O) groups excluding carboxylic acids is 2. The van der Waals surface area contributed by atoms with Crippen LogP contribution in [0.4, 0.5) is 0 Å². The highest BCUT2D eigenvalue weighted by Crippen LogP contribution is 2.33. The van der Waals surface area contributed by atoms with Crippen LogP contribution in [0.2, 0.25) is 0 Å². The Kier molecular flexibility index (Phi) is 5.19. The lowest BCUT2D eigenvalue weighted by atomic mass is 9.87. The normalized spacial score (nSPS) is 33.6. The van der Waals surface area contributed by atoms with Gasteiger partial charge in [-0.15, -0.1) is 0 Å². The van der Waals surface area contributed by atoms with Gasteiger partial charge in [0.05, 0.1) is 18.2 Å². The molecule has 1 aromatic rings. The Labute approximate surface area is 160 Å². The molecule has 2 fully saturated rings. The first-order chi connectivity index (χ1) is 13.0. The van der Waals surface area contributed by atoms with Crippen LogP contribution in [0.15, 0.2) is 24.3 Å². The molecule has 146 valence electrons. The molecule has 1 unspecified atom stereocenters. The van der Waals surface area contributed by atoms with Crippen molar-refractivity contribution >= 4 is 11.8 Å². The number of hydrogen-bond acceptors (Lipinski definition) is 4. The maximum absolute atomic E-state index is 13.1. The van der Waals surface area contributed by atoms with E-state index in [0.29, 0.717) is 12.8 Å². The van der Waals surface area contributed by atoms with Gasteiger partial charge in [0.1, 0.15) is 6.04 Å². The lowest BCUT2D eigenvalue weighted by Gasteiger charge is -2.36. The Morgan fingerprint density at radius 3 is 2.78 bits per heavy atom. The van der Waals surface area contributed by atoms with Crippen LogP contribution in [-0.4, -0.2) is 46.1 Å². The van der Waals surface area contributed by atoms with Gasteiger partial charge in [-0.05, 0) is 62.5 Å². The number of aryl methyl sites for hydroxylation is 1. The summed E-state index contributed by atoms with van der Waals surface area (Å²) in [5, 5.41) is 13.2. The predicted octanol–water partition coefficient (Wildman–Crippen LogP) is 1.41. The van der Waals surface area contributed by atoms with Gasteiger partial charge in [0, 0.05) is 6.04 Å². The minimum absolute atomic E-state index is 0.00731. The molecule has 2 saturated heterocycles. The molecule has 27 heavy (non-hydrogen) atoms. The molecule has 1 aliphatic carbocycles. The molecule has 1 aromatic carbocycles. The summed E-state index contributed by atoms with van der Waals surface area (Å²) in [5.41, 5.74) is 8.52. The second-order valence-electron chi connectivity index (χ2n) is 8.22. The van der Waals surface area contributed by atoms with E-state index in [-0.39, 0.29) is 30.3 Å². The lowest BCUT2D eigenvalue weighted by Crippen LogP contribution is -2.56. The molecule has 0 radical (unpaired) electrons. The number of aliphatic hydroxyl groups is 1. The Morgan fingerprint density at radius 1 is 1.15 bits per heavy atom. The Morgan fingerprint density at radius 2 is 1.93 bits per heavy atom. The van der Waals surface area contributed by atoms with Crippen molar-refractivity contribution in [1.29, 1.82) is 0 Å². The zero-order chi connectivity index (χ0) is 19.0. The zero-order valence-corrected chi connectivity index (χ0v) is 15.6. The van der Waals surface area contributed by atoms with Crippen LogP contribution in [0, 0.1) is 0 Å². The van der Waals surface area contributed by atoms with Gasteiger partial charge in [0.25, 0.3) is 0 Å². The van der Waals surface area contributed by atoms with Crippen LogP contribution in [0.25, 0.3) is 0 Å². The lowest BCUT2D eigenvalue weighted by molar-refractivity contribution is -0.143. The van der Waals surface area contributed by atoms with Crippen LogP contribution in [0.3, 0.4) is 0 Å². The van der Waals surface area contributed by atoms with E-state index in [1.54, 1.807) is 4.90 Å². The first-order valence-electron chi connectivity index (χ1n) is 10.2. The Bertz CT molecular complexity index is 722. The Hall–Kier alpha value is -1.92. The molecule has 5 atom stereocenters. The van der Waals surface area contributed by atoms with E-state index in [4.69, 9.17) is 5.73 Å². The number of rotatable bonds is 2. The second kappa shape index (κ2) is 7.60. The number of hydrogen-bond donors (Lipinski definition) is 3. The highest BCUT2D eigenvalue weighted by molar-refractivity contribution is 5.91. The van der Waals surface area contributed by atoms with E-state index < -0.39 is 18.2 Å². The number of benzene rings is 1. The van der Waals surface area contributed by atoms with Gasteiger partial charge in [-0.2, -0.15) is 0 Å². The molecule has 2 heterocycles. The molecule has 6 heteroatoms. The minimum atomic E-state index is -0.730. The smallest absolute Gasteiger partial charge is 0.243 e. The van der Waals surface area contributed by atoms with Crippen molar-refractivity contribution in [3.05, 3.63) is 35.4 Å². The number of nitrogens with zero attached hydrogens (tertiary/aromatic N) is 1. The molecular formula is C21H29N3O3. The maximum Gasteiger partial charge on any atom is 0.243 e. The topological polar surface area (TPSA) is 95.7 Å². The van der Waals surface area contributed by atoms with E-state index in [0.717, 1.165) is 32.1 Å². The molecule has 2 aliphatic heterocycles. The molecule has 0 aromatic heterocycles. The average Bonchev–Trinajstić information content (AvgIpc) is 3.09. The number of nitrogens with one attached hydrogen (secondary N) is 1. The van der Waals surface area contributed by atoms with E-state index in [1.807, 2.05) is 12.1 Å². The van der Waals surface area contributed by atoms with E-state index in [2.05, 4.69) is 17.4 Å². The minimum Gasteiger partial charge on any atom is -0.393 e. The molecule has 4 N–H and O–H groups in total. The van der Waals surface area contributed by atoms with Crippen molar-refractivity contribution < 1.29 is 14.7 Å². The van der Waals surface area contributed by atoms with Gasteiger partial charge in [0.15, 0.2) is 0 Å². The maximum atomic E-state index is 13.1. The molecule has 4 rings (SSSR count). The highest BCUT2D eigenvalue weighted by Gasteiger charge is 2.44. The first kappa shape index (κ1) is 18.4. The van der Waals surface area contributed by atoms with Crippen molar-refractivity contribution in [3.8, 4) is 0 Å². The Balaban J connectivity index is 1.50. The standard InChI is InChI=1S/C21H29N3O3/c22-17-12-15(25)10-8-14-9-11-19(24(14)21(17)27)20(26)23-18-7-3-5-13-4-1-2-6-16(13)18/h1-2,4,6,14-15,17-19,25H,3,5,7-12,22H2,(H,23,26)/t14-,15+,17-,18?,19-/m0/s1. The monoisotopic (exact) mass is 371 g/mol. The first-order valence-corrected chi connectivity index (χ1v) is 10.2. The number of nitrogens with two attached hydrogens (primary N) is 1. The third-order valence-corrected chi connectivity index (χ3v) is 6.42. The summed E-state index contributed by atoms with van der Waals surface area (Å²) < 4.78 is 0. The molecule has 3 aliphatic rings. The third-order valence-electron chi connectivity index (χ3n) is 6.42. The predicted molar refractivity (Wildman–Crippen MR) is 102 cm³/mol. The van der Waals surface area contributed by atoms with Crippen molar-refractivity contribution in [2.75, 3.05) is 0 Å². The van der Waals surface area contributed by atoms with Gasteiger partial charge >= 0.3 is 0 Å². The van der Waals surface area contributed by atoms with Crippen LogP contribution < -0.4 is 11.1 Å². The van der Waals surface area contributed by atoms with Crippen LogP contribution in [-0.2, 0) is 16.0 Å². The van der Waals surface area contributed by atoms with E-state index in [1.165, 1.54) is 11.1 Å². The van der Waals surface area contributed by atoms with E-state index >= 15 is 0 Å².